The Balaban J connectivity index is 2.04. The molecule has 0 radical (unpaired) electrons. The Bertz CT molecular complexity index is 625. The van der Waals surface area contributed by atoms with Crippen LogP contribution in [0.15, 0.2) is 18.2 Å². The molecular weight excluding hydrogens is 299 g/mol. The Morgan fingerprint density at radius 3 is 2.61 bits per heavy atom. The molecule has 0 aliphatic carbocycles. The third kappa shape index (κ3) is 3.81. The first-order chi connectivity index (χ1) is 10.6. The second-order valence-electron chi connectivity index (χ2n) is 7.10. The topological polar surface area (TPSA) is 60.9 Å². The maximum Gasteiger partial charge on any atom is 0.256 e. The lowest BCUT2D eigenvalue weighted by Gasteiger charge is -2.32. The highest BCUT2D eigenvalue weighted by molar-refractivity contribution is 5.94. The fourth-order valence-electron chi connectivity index (χ4n) is 2.91. The fraction of sp³-hybridized carbons (Fsp3) is 0.529. The molecule has 126 valence electrons. The first-order valence-corrected chi connectivity index (χ1v) is 7.64. The molecule has 6 heteroatoms. The Kier molecular flexibility index (Phi) is 4.63. The molecule has 1 atom stereocenters. The second kappa shape index (κ2) is 6.18. The maximum absolute atomic E-state index is 13.8. The lowest BCUT2D eigenvalue weighted by atomic mass is 10.1. The van der Waals surface area contributed by atoms with E-state index in [9.17, 15) is 19.1 Å². The van der Waals surface area contributed by atoms with Gasteiger partial charge in [-0.3, -0.25) is 9.59 Å². The van der Waals surface area contributed by atoms with Crippen LogP contribution in [0.1, 0.15) is 37.6 Å². The Labute approximate surface area is 135 Å². The highest BCUT2D eigenvalue weighted by atomic mass is 19.1. The van der Waals surface area contributed by atoms with Crippen LogP contribution < -0.4 is 0 Å². The van der Waals surface area contributed by atoms with Crippen molar-refractivity contribution in [1.82, 2.24) is 9.80 Å². The molecule has 5 nitrogen and oxygen atoms in total. The van der Waals surface area contributed by atoms with Crippen LogP contribution in [0.4, 0.5) is 4.39 Å². The van der Waals surface area contributed by atoms with E-state index in [1.54, 1.807) is 7.05 Å². The Hall–Kier alpha value is -2.11. The standard InChI is InChI=1S/C17H23FN2O3/c1-17(2,3)20-10-11(7-15(20)22)9-19(4)16(23)13-6-5-12(21)8-14(13)18/h5-6,8,11,21H,7,9-10H2,1-4H3/t11-/m0/s1. The molecule has 23 heavy (non-hydrogen) atoms. The van der Waals surface area contributed by atoms with Gasteiger partial charge < -0.3 is 14.9 Å². The molecule has 0 unspecified atom stereocenters. The summed E-state index contributed by atoms with van der Waals surface area (Å²) in [5, 5.41) is 9.21. The SMILES string of the molecule is CN(C[C@@H]1CC(=O)N(C(C)(C)C)C1)C(=O)c1ccc(O)cc1F. The third-order valence-corrected chi connectivity index (χ3v) is 4.08. The summed E-state index contributed by atoms with van der Waals surface area (Å²) in [4.78, 5) is 27.7. The number of phenolic OH excluding ortho intramolecular Hbond substituents is 1. The average Bonchev–Trinajstić information content (AvgIpc) is 2.78. The van der Waals surface area contributed by atoms with Gasteiger partial charge in [-0.15, -0.1) is 0 Å². The predicted molar refractivity (Wildman–Crippen MR) is 84.6 cm³/mol. The molecule has 0 bridgehead atoms. The van der Waals surface area contributed by atoms with Crippen molar-refractivity contribution in [2.75, 3.05) is 20.1 Å². The number of aromatic hydroxyl groups is 1. The second-order valence-corrected chi connectivity index (χ2v) is 7.10. The molecule has 0 spiro atoms. The van der Waals surface area contributed by atoms with Crippen molar-refractivity contribution >= 4 is 11.8 Å². The van der Waals surface area contributed by atoms with E-state index in [0.29, 0.717) is 19.5 Å². The number of hydrogen-bond acceptors (Lipinski definition) is 3. The highest BCUT2D eigenvalue weighted by Crippen LogP contribution is 2.26. The van der Waals surface area contributed by atoms with Gasteiger partial charge in [0.1, 0.15) is 11.6 Å². The van der Waals surface area contributed by atoms with Crippen molar-refractivity contribution in [3.63, 3.8) is 0 Å². The summed E-state index contributed by atoms with van der Waals surface area (Å²) >= 11 is 0. The molecular formula is C17H23FN2O3. The zero-order chi connectivity index (χ0) is 17.4. The Morgan fingerprint density at radius 1 is 1.43 bits per heavy atom. The number of hydrogen-bond donors (Lipinski definition) is 1. The highest BCUT2D eigenvalue weighted by Gasteiger charge is 2.37. The number of carbonyl (C=O) groups excluding carboxylic acids is 2. The van der Waals surface area contributed by atoms with E-state index in [-0.39, 0.29) is 28.7 Å². The molecule has 1 aromatic rings. The number of nitrogens with zero attached hydrogens (tertiary/aromatic N) is 2. The van der Waals surface area contributed by atoms with Crippen LogP contribution >= 0.6 is 0 Å². The molecule has 1 aliphatic heterocycles. The molecule has 0 saturated carbocycles. The van der Waals surface area contributed by atoms with Gasteiger partial charge in [0, 0.05) is 44.1 Å². The van der Waals surface area contributed by atoms with Crippen LogP contribution in [0, 0.1) is 11.7 Å². The van der Waals surface area contributed by atoms with E-state index < -0.39 is 11.7 Å². The zero-order valence-corrected chi connectivity index (χ0v) is 14.0. The van der Waals surface area contributed by atoms with Crippen LogP contribution in [-0.2, 0) is 4.79 Å². The molecule has 1 aromatic carbocycles. The first-order valence-electron chi connectivity index (χ1n) is 7.64. The lowest BCUT2D eigenvalue weighted by molar-refractivity contribution is -0.131. The van der Waals surface area contributed by atoms with E-state index >= 15 is 0 Å². The summed E-state index contributed by atoms with van der Waals surface area (Å²) in [6, 6.07) is 3.47. The third-order valence-electron chi connectivity index (χ3n) is 4.08. The number of likely N-dealkylation sites (tertiary alicyclic amines) is 1. The number of halogens is 1. The van der Waals surface area contributed by atoms with Gasteiger partial charge in [-0.25, -0.2) is 4.39 Å². The number of amides is 2. The molecule has 1 N–H and O–H groups in total. The Morgan fingerprint density at radius 2 is 2.09 bits per heavy atom. The van der Waals surface area contributed by atoms with Crippen molar-refractivity contribution in [2.24, 2.45) is 5.92 Å². The van der Waals surface area contributed by atoms with E-state index in [1.165, 1.54) is 17.0 Å². The molecule has 1 fully saturated rings. The minimum Gasteiger partial charge on any atom is -0.508 e. The quantitative estimate of drug-likeness (QED) is 0.928. The predicted octanol–water partition coefficient (Wildman–Crippen LogP) is 2.25. The summed E-state index contributed by atoms with van der Waals surface area (Å²) < 4.78 is 13.8. The summed E-state index contributed by atoms with van der Waals surface area (Å²) in [6.07, 6.45) is 0.396. The molecule has 1 saturated heterocycles. The van der Waals surface area contributed by atoms with Crippen molar-refractivity contribution < 1.29 is 19.1 Å². The van der Waals surface area contributed by atoms with E-state index in [1.807, 2.05) is 25.7 Å². The number of carbonyl (C=O) groups is 2. The number of rotatable bonds is 3. The van der Waals surface area contributed by atoms with Crippen LogP contribution in [0.25, 0.3) is 0 Å². The van der Waals surface area contributed by atoms with Crippen molar-refractivity contribution in [1.29, 1.82) is 0 Å². The average molecular weight is 322 g/mol. The largest absolute Gasteiger partial charge is 0.508 e. The maximum atomic E-state index is 13.8. The molecule has 1 aliphatic rings. The van der Waals surface area contributed by atoms with E-state index in [2.05, 4.69) is 0 Å². The number of phenols is 1. The summed E-state index contributed by atoms with van der Waals surface area (Å²) in [5.41, 5.74) is -0.320. The minimum absolute atomic E-state index is 0.0378. The first kappa shape index (κ1) is 17.2. The smallest absolute Gasteiger partial charge is 0.256 e. The molecule has 2 amide bonds. The lowest BCUT2D eigenvalue weighted by Crippen LogP contribution is -2.43. The summed E-state index contributed by atoms with van der Waals surface area (Å²) in [7, 11) is 1.60. The summed E-state index contributed by atoms with van der Waals surface area (Å²) in [6.45, 7) is 6.92. The zero-order valence-electron chi connectivity index (χ0n) is 14.0. The summed E-state index contributed by atoms with van der Waals surface area (Å²) in [5.74, 6) is -1.30. The van der Waals surface area contributed by atoms with Crippen molar-refractivity contribution in [3.8, 4) is 5.75 Å². The fourth-order valence-corrected chi connectivity index (χ4v) is 2.91. The van der Waals surface area contributed by atoms with Gasteiger partial charge in [-0.2, -0.15) is 0 Å². The van der Waals surface area contributed by atoms with Gasteiger partial charge in [-0.05, 0) is 32.9 Å². The monoisotopic (exact) mass is 322 g/mol. The normalized spacial score (nSPS) is 18.4. The van der Waals surface area contributed by atoms with Crippen LogP contribution in [0.5, 0.6) is 5.75 Å². The van der Waals surface area contributed by atoms with Crippen LogP contribution in [-0.4, -0.2) is 52.4 Å². The van der Waals surface area contributed by atoms with Gasteiger partial charge in [-0.1, -0.05) is 0 Å². The van der Waals surface area contributed by atoms with E-state index in [4.69, 9.17) is 0 Å². The minimum atomic E-state index is -0.749. The number of benzene rings is 1. The van der Waals surface area contributed by atoms with Crippen LogP contribution in [0.3, 0.4) is 0 Å². The molecule has 0 aromatic heterocycles. The van der Waals surface area contributed by atoms with Crippen molar-refractivity contribution in [3.05, 3.63) is 29.6 Å². The molecule has 2 rings (SSSR count). The van der Waals surface area contributed by atoms with E-state index in [0.717, 1.165) is 6.07 Å². The van der Waals surface area contributed by atoms with Gasteiger partial charge >= 0.3 is 0 Å². The van der Waals surface area contributed by atoms with Gasteiger partial charge in [0.05, 0.1) is 5.56 Å². The van der Waals surface area contributed by atoms with Gasteiger partial charge in [0.15, 0.2) is 0 Å². The van der Waals surface area contributed by atoms with Crippen molar-refractivity contribution in [2.45, 2.75) is 32.7 Å². The van der Waals surface area contributed by atoms with Gasteiger partial charge in [0.2, 0.25) is 5.91 Å². The van der Waals surface area contributed by atoms with Gasteiger partial charge in [0.25, 0.3) is 5.91 Å². The van der Waals surface area contributed by atoms with Crippen LogP contribution in [0.2, 0.25) is 0 Å². The molecule has 1 heterocycles.